The van der Waals surface area contributed by atoms with Gasteiger partial charge in [0.2, 0.25) is 0 Å². The van der Waals surface area contributed by atoms with Crippen LogP contribution >= 0.6 is 27.5 Å². The van der Waals surface area contributed by atoms with E-state index in [0.29, 0.717) is 16.6 Å². The van der Waals surface area contributed by atoms with Crippen LogP contribution in [0, 0.1) is 0 Å². The zero-order valence-electron chi connectivity index (χ0n) is 8.46. The molecule has 0 aromatic carbocycles. The van der Waals surface area contributed by atoms with Crippen molar-refractivity contribution in [3.63, 3.8) is 0 Å². The van der Waals surface area contributed by atoms with E-state index in [0.717, 1.165) is 4.47 Å². The van der Waals surface area contributed by atoms with Gasteiger partial charge in [-0.3, -0.25) is 4.21 Å². The molecular formula is C9H12BrClN2OS. The first-order chi connectivity index (χ1) is 6.99. The Kier molecular flexibility index (Phi) is 5.02. The van der Waals surface area contributed by atoms with Crippen LogP contribution in [0.4, 0.5) is 5.82 Å². The Bertz CT molecular complexity index is 375. The SMILES string of the molecule is C[C@@H](C[S@@](C)=O)Nc1ncc(Br)cc1Cl. The second-order valence-corrected chi connectivity index (χ2v) is 6.07. The molecule has 6 heteroatoms. The van der Waals surface area contributed by atoms with E-state index in [1.165, 1.54) is 0 Å². The Morgan fingerprint density at radius 2 is 2.40 bits per heavy atom. The van der Waals surface area contributed by atoms with Crippen molar-refractivity contribution in [2.45, 2.75) is 13.0 Å². The van der Waals surface area contributed by atoms with Gasteiger partial charge in [-0.05, 0) is 28.9 Å². The van der Waals surface area contributed by atoms with Crippen molar-refractivity contribution in [3.05, 3.63) is 21.8 Å². The second kappa shape index (κ2) is 5.82. The molecule has 1 aromatic heterocycles. The minimum atomic E-state index is -0.823. The monoisotopic (exact) mass is 310 g/mol. The molecule has 1 aromatic rings. The van der Waals surface area contributed by atoms with Gasteiger partial charge in [-0.2, -0.15) is 0 Å². The molecule has 0 radical (unpaired) electrons. The Morgan fingerprint density at radius 3 is 2.93 bits per heavy atom. The molecule has 0 amide bonds. The molecule has 0 saturated carbocycles. The molecule has 15 heavy (non-hydrogen) atoms. The molecule has 0 aliphatic carbocycles. The van der Waals surface area contributed by atoms with Gasteiger partial charge < -0.3 is 5.32 Å². The molecule has 0 fully saturated rings. The number of nitrogens with one attached hydrogen (secondary N) is 1. The summed E-state index contributed by atoms with van der Waals surface area (Å²) in [5, 5.41) is 3.67. The van der Waals surface area contributed by atoms with Crippen LogP contribution in [0.5, 0.6) is 0 Å². The summed E-state index contributed by atoms with van der Waals surface area (Å²) >= 11 is 9.26. The van der Waals surface area contributed by atoms with Gasteiger partial charge in [0, 0.05) is 39.5 Å². The maximum absolute atomic E-state index is 11.0. The number of anilines is 1. The van der Waals surface area contributed by atoms with Crippen molar-refractivity contribution in [2.24, 2.45) is 0 Å². The summed E-state index contributed by atoms with van der Waals surface area (Å²) in [4.78, 5) is 4.14. The van der Waals surface area contributed by atoms with Crippen molar-refractivity contribution >= 4 is 44.1 Å². The fraction of sp³-hybridized carbons (Fsp3) is 0.444. The minimum Gasteiger partial charge on any atom is -0.365 e. The predicted molar refractivity (Wildman–Crippen MR) is 69.0 cm³/mol. The summed E-state index contributed by atoms with van der Waals surface area (Å²) in [5.74, 6) is 1.20. The van der Waals surface area contributed by atoms with E-state index in [9.17, 15) is 4.21 Å². The zero-order valence-corrected chi connectivity index (χ0v) is 11.6. The highest BCUT2D eigenvalue weighted by molar-refractivity contribution is 9.10. The number of hydrogen-bond acceptors (Lipinski definition) is 3. The Hall–Kier alpha value is -0.130. The van der Waals surface area contributed by atoms with Gasteiger partial charge in [-0.25, -0.2) is 4.98 Å². The average molecular weight is 312 g/mol. The van der Waals surface area contributed by atoms with Gasteiger partial charge in [0.25, 0.3) is 0 Å². The third kappa shape index (κ3) is 4.49. The van der Waals surface area contributed by atoms with E-state index in [4.69, 9.17) is 11.6 Å². The summed E-state index contributed by atoms with van der Waals surface area (Å²) in [5.41, 5.74) is 0. The van der Waals surface area contributed by atoms with E-state index in [1.54, 1.807) is 18.5 Å². The lowest BCUT2D eigenvalue weighted by Gasteiger charge is -2.13. The maximum Gasteiger partial charge on any atom is 0.145 e. The molecule has 84 valence electrons. The standard InChI is InChI=1S/C9H12BrClN2OS/c1-6(5-15(2)14)13-9-8(11)3-7(10)4-12-9/h3-4,6H,5H2,1-2H3,(H,12,13)/t6-,15+/m0/s1. The molecule has 0 aliphatic heterocycles. The van der Waals surface area contributed by atoms with Gasteiger partial charge in [0.05, 0.1) is 5.02 Å². The van der Waals surface area contributed by atoms with Crippen LogP contribution in [-0.2, 0) is 10.8 Å². The number of rotatable bonds is 4. The third-order valence-electron chi connectivity index (χ3n) is 1.68. The summed E-state index contributed by atoms with van der Waals surface area (Å²) in [6.45, 7) is 1.95. The molecule has 0 spiro atoms. The predicted octanol–water partition coefficient (Wildman–Crippen LogP) is 2.68. The number of halogens is 2. The fourth-order valence-electron chi connectivity index (χ4n) is 1.15. The quantitative estimate of drug-likeness (QED) is 0.929. The minimum absolute atomic E-state index is 0.0852. The maximum atomic E-state index is 11.0. The van der Waals surface area contributed by atoms with Crippen LogP contribution in [-0.4, -0.2) is 27.2 Å². The number of nitrogens with zero attached hydrogens (tertiary/aromatic N) is 1. The smallest absolute Gasteiger partial charge is 0.145 e. The first kappa shape index (κ1) is 12.9. The average Bonchev–Trinajstić information content (AvgIpc) is 2.08. The largest absolute Gasteiger partial charge is 0.365 e. The topological polar surface area (TPSA) is 42.0 Å². The molecule has 1 heterocycles. The summed E-state index contributed by atoms with van der Waals surface area (Å²) < 4.78 is 11.8. The first-order valence-electron chi connectivity index (χ1n) is 4.36. The molecule has 3 nitrogen and oxygen atoms in total. The van der Waals surface area contributed by atoms with Gasteiger partial charge >= 0.3 is 0 Å². The van der Waals surface area contributed by atoms with Crippen molar-refractivity contribution in [3.8, 4) is 0 Å². The van der Waals surface area contributed by atoms with Crippen molar-refractivity contribution in [1.29, 1.82) is 0 Å². The van der Waals surface area contributed by atoms with Crippen LogP contribution in [0.1, 0.15) is 6.92 Å². The highest BCUT2D eigenvalue weighted by atomic mass is 79.9. The van der Waals surface area contributed by atoms with Crippen molar-refractivity contribution in [2.75, 3.05) is 17.3 Å². The van der Waals surface area contributed by atoms with Gasteiger partial charge in [-0.15, -0.1) is 0 Å². The van der Waals surface area contributed by atoms with Crippen molar-refractivity contribution in [1.82, 2.24) is 4.98 Å². The first-order valence-corrected chi connectivity index (χ1v) is 7.26. The highest BCUT2D eigenvalue weighted by Crippen LogP contribution is 2.23. The lowest BCUT2D eigenvalue weighted by Crippen LogP contribution is -2.22. The molecular weight excluding hydrogens is 300 g/mol. The number of pyridine rings is 1. The fourth-order valence-corrected chi connectivity index (χ4v) is 2.62. The Labute approximate surface area is 105 Å². The van der Waals surface area contributed by atoms with Crippen LogP contribution in [0.3, 0.4) is 0 Å². The van der Waals surface area contributed by atoms with E-state index in [1.807, 2.05) is 6.92 Å². The number of aromatic nitrogens is 1. The van der Waals surface area contributed by atoms with Crippen LogP contribution in [0.15, 0.2) is 16.7 Å². The summed E-state index contributed by atoms with van der Waals surface area (Å²) in [6, 6.07) is 1.86. The van der Waals surface area contributed by atoms with Crippen LogP contribution < -0.4 is 5.32 Å². The second-order valence-electron chi connectivity index (χ2n) is 3.27. The lowest BCUT2D eigenvalue weighted by molar-refractivity contribution is 0.683. The Morgan fingerprint density at radius 1 is 1.73 bits per heavy atom. The summed E-state index contributed by atoms with van der Waals surface area (Å²) in [6.07, 6.45) is 3.35. The van der Waals surface area contributed by atoms with Gasteiger partial charge in [0.1, 0.15) is 5.82 Å². The van der Waals surface area contributed by atoms with E-state index < -0.39 is 10.8 Å². The lowest BCUT2D eigenvalue weighted by atomic mass is 10.3. The summed E-state index contributed by atoms with van der Waals surface area (Å²) in [7, 11) is -0.823. The molecule has 2 atom stereocenters. The molecule has 0 unspecified atom stereocenters. The van der Waals surface area contributed by atoms with E-state index in [2.05, 4.69) is 26.2 Å². The van der Waals surface area contributed by atoms with Gasteiger partial charge in [0.15, 0.2) is 0 Å². The molecule has 1 rings (SSSR count). The highest BCUT2D eigenvalue weighted by Gasteiger charge is 2.08. The van der Waals surface area contributed by atoms with Crippen LogP contribution in [0.25, 0.3) is 0 Å². The third-order valence-corrected chi connectivity index (χ3v) is 3.37. The van der Waals surface area contributed by atoms with Gasteiger partial charge in [-0.1, -0.05) is 11.6 Å². The van der Waals surface area contributed by atoms with Crippen molar-refractivity contribution < 1.29 is 4.21 Å². The molecule has 1 N–H and O–H groups in total. The normalized spacial score (nSPS) is 14.7. The van der Waals surface area contributed by atoms with E-state index in [-0.39, 0.29) is 6.04 Å². The molecule has 0 saturated heterocycles. The van der Waals surface area contributed by atoms with E-state index >= 15 is 0 Å². The molecule has 0 bridgehead atoms. The zero-order chi connectivity index (χ0) is 11.4. The van der Waals surface area contributed by atoms with Crippen LogP contribution in [0.2, 0.25) is 5.02 Å². The number of hydrogen-bond donors (Lipinski definition) is 1. The Balaban J connectivity index is 2.68. The molecule has 0 aliphatic rings.